The lowest BCUT2D eigenvalue weighted by Crippen LogP contribution is -2.41. The van der Waals surface area contributed by atoms with E-state index < -0.39 is 0 Å². The molecule has 1 aromatic rings. The lowest BCUT2D eigenvalue weighted by Gasteiger charge is -2.31. The van der Waals surface area contributed by atoms with Gasteiger partial charge in [0.25, 0.3) is 5.91 Å². The number of benzene rings is 1. The van der Waals surface area contributed by atoms with Crippen molar-refractivity contribution in [3.63, 3.8) is 0 Å². The number of aryl methyl sites for hydroxylation is 2. The normalized spacial score (nSPS) is 19.9. The predicted molar refractivity (Wildman–Crippen MR) is 78.2 cm³/mol. The molecule has 0 spiro atoms. The van der Waals surface area contributed by atoms with E-state index in [2.05, 4.69) is 6.92 Å². The molecule has 0 aromatic heterocycles. The Labute approximate surface area is 113 Å². The average molecular weight is 264 g/mol. The summed E-state index contributed by atoms with van der Waals surface area (Å²) in [6.07, 6.45) is 0. The van der Waals surface area contributed by atoms with Crippen LogP contribution in [0.3, 0.4) is 0 Å². The number of rotatable bonds is 1. The lowest BCUT2D eigenvalue weighted by atomic mass is 10.0. The number of nitrogens with two attached hydrogens (primary N) is 1. The molecule has 1 fully saturated rings. The van der Waals surface area contributed by atoms with Gasteiger partial charge >= 0.3 is 0 Å². The van der Waals surface area contributed by atoms with Crippen molar-refractivity contribution in [1.29, 1.82) is 0 Å². The smallest absolute Gasteiger partial charge is 0.254 e. The number of nitrogens with zero attached hydrogens (tertiary/aromatic N) is 1. The zero-order valence-electron chi connectivity index (χ0n) is 11.2. The van der Waals surface area contributed by atoms with Crippen LogP contribution in [0.5, 0.6) is 0 Å². The molecule has 18 heavy (non-hydrogen) atoms. The van der Waals surface area contributed by atoms with Gasteiger partial charge in [-0.25, -0.2) is 0 Å². The van der Waals surface area contributed by atoms with Crippen LogP contribution in [0.25, 0.3) is 0 Å². The first kappa shape index (κ1) is 13.3. The van der Waals surface area contributed by atoms with Crippen molar-refractivity contribution in [1.82, 2.24) is 4.90 Å². The highest BCUT2D eigenvalue weighted by atomic mass is 32.2. The molecule has 3 nitrogen and oxygen atoms in total. The highest BCUT2D eigenvalue weighted by molar-refractivity contribution is 7.99. The molecule has 0 radical (unpaired) electrons. The second-order valence-corrected chi connectivity index (χ2v) is 6.50. The standard InChI is InChI=1S/C14H20N2OS/c1-9-6-10(2)13(15)7-12(9)14(17)16-4-5-18-11(3)8-16/h6-7,11H,4-5,8,15H2,1-3H3. The van der Waals surface area contributed by atoms with Gasteiger partial charge in [0.2, 0.25) is 0 Å². The first-order chi connectivity index (χ1) is 8.49. The Morgan fingerprint density at radius 3 is 2.78 bits per heavy atom. The third-order valence-corrected chi connectivity index (χ3v) is 4.51. The Bertz CT molecular complexity index is 473. The maximum absolute atomic E-state index is 12.5. The van der Waals surface area contributed by atoms with Crippen LogP contribution in [0.15, 0.2) is 12.1 Å². The van der Waals surface area contributed by atoms with Crippen molar-refractivity contribution in [3.05, 3.63) is 28.8 Å². The maximum Gasteiger partial charge on any atom is 0.254 e. The van der Waals surface area contributed by atoms with Gasteiger partial charge in [-0.05, 0) is 31.0 Å². The zero-order chi connectivity index (χ0) is 13.3. The predicted octanol–water partition coefficient (Wildman–Crippen LogP) is 2.46. The molecule has 1 atom stereocenters. The van der Waals surface area contributed by atoms with Crippen LogP contribution < -0.4 is 5.73 Å². The minimum absolute atomic E-state index is 0.117. The summed E-state index contributed by atoms with van der Waals surface area (Å²) < 4.78 is 0. The molecule has 1 aliphatic rings. The fraction of sp³-hybridized carbons (Fsp3) is 0.500. The van der Waals surface area contributed by atoms with Crippen LogP contribution in [0.4, 0.5) is 5.69 Å². The van der Waals surface area contributed by atoms with Gasteiger partial charge in [-0.3, -0.25) is 4.79 Å². The van der Waals surface area contributed by atoms with E-state index in [1.165, 1.54) is 0 Å². The van der Waals surface area contributed by atoms with Crippen LogP contribution in [-0.4, -0.2) is 34.9 Å². The molecule has 1 aliphatic heterocycles. The first-order valence-electron chi connectivity index (χ1n) is 6.26. The third-order valence-electron chi connectivity index (χ3n) is 3.37. The molecular weight excluding hydrogens is 244 g/mol. The second-order valence-electron chi connectivity index (χ2n) is 4.96. The topological polar surface area (TPSA) is 46.3 Å². The van der Waals surface area contributed by atoms with Gasteiger partial charge in [0.1, 0.15) is 0 Å². The van der Waals surface area contributed by atoms with E-state index in [1.54, 1.807) is 0 Å². The average Bonchev–Trinajstić information content (AvgIpc) is 2.33. The molecule has 1 saturated heterocycles. The molecule has 4 heteroatoms. The summed E-state index contributed by atoms with van der Waals surface area (Å²) >= 11 is 1.93. The lowest BCUT2D eigenvalue weighted by molar-refractivity contribution is 0.0762. The van der Waals surface area contributed by atoms with Crippen LogP contribution >= 0.6 is 11.8 Å². The molecule has 0 aliphatic carbocycles. The van der Waals surface area contributed by atoms with E-state index in [0.29, 0.717) is 10.9 Å². The summed E-state index contributed by atoms with van der Waals surface area (Å²) in [4.78, 5) is 14.4. The van der Waals surface area contributed by atoms with Crippen molar-refractivity contribution in [2.75, 3.05) is 24.6 Å². The van der Waals surface area contributed by atoms with Crippen molar-refractivity contribution in [2.45, 2.75) is 26.0 Å². The third kappa shape index (κ3) is 2.64. The minimum Gasteiger partial charge on any atom is -0.398 e. The monoisotopic (exact) mass is 264 g/mol. The van der Waals surface area contributed by atoms with E-state index in [9.17, 15) is 4.79 Å². The van der Waals surface area contributed by atoms with Crippen LogP contribution in [0, 0.1) is 13.8 Å². The van der Waals surface area contributed by atoms with Gasteiger partial charge in [-0.15, -0.1) is 0 Å². The van der Waals surface area contributed by atoms with Gasteiger partial charge < -0.3 is 10.6 Å². The molecular formula is C14H20N2OS. The highest BCUT2D eigenvalue weighted by Crippen LogP contribution is 2.23. The van der Waals surface area contributed by atoms with Crippen LogP contribution in [0.1, 0.15) is 28.4 Å². The Balaban J connectivity index is 2.25. The van der Waals surface area contributed by atoms with Crippen molar-refractivity contribution >= 4 is 23.4 Å². The molecule has 1 aromatic carbocycles. The van der Waals surface area contributed by atoms with Gasteiger partial charge in [-0.1, -0.05) is 13.0 Å². The largest absolute Gasteiger partial charge is 0.398 e. The molecule has 2 N–H and O–H groups in total. The number of amides is 1. The van der Waals surface area contributed by atoms with Crippen molar-refractivity contribution < 1.29 is 4.79 Å². The SMILES string of the molecule is Cc1cc(C)c(C(=O)N2CCSC(C)C2)cc1N. The van der Waals surface area contributed by atoms with Crippen molar-refractivity contribution in [2.24, 2.45) is 0 Å². The van der Waals surface area contributed by atoms with Crippen molar-refractivity contribution in [3.8, 4) is 0 Å². The molecule has 98 valence electrons. The Hall–Kier alpha value is -1.16. The Morgan fingerprint density at radius 1 is 1.39 bits per heavy atom. The van der Waals surface area contributed by atoms with Gasteiger partial charge in [0, 0.05) is 35.3 Å². The molecule has 0 saturated carbocycles. The molecule has 1 unspecified atom stereocenters. The summed E-state index contributed by atoms with van der Waals surface area (Å²) in [6.45, 7) is 7.77. The minimum atomic E-state index is 0.117. The quantitative estimate of drug-likeness (QED) is 0.793. The fourth-order valence-electron chi connectivity index (χ4n) is 2.27. The van der Waals surface area contributed by atoms with Gasteiger partial charge in [-0.2, -0.15) is 11.8 Å². The molecule has 1 heterocycles. The number of hydrogen-bond donors (Lipinski definition) is 1. The summed E-state index contributed by atoms with van der Waals surface area (Å²) in [6, 6.07) is 3.81. The summed E-state index contributed by atoms with van der Waals surface area (Å²) in [5.74, 6) is 1.14. The van der Waals surface area contributed by atoms with E-state index in [-0.39, 0.29) is 5.91 Å². The number of anilines is 1. The van der Waals surface area contributed by atoms with E-state index in [4.69, 9.17) is 5.73 Å². The van der Waals surface area contributed by atoms with E-state index in [0.717, 1.165) is 35.5 Å². The summed E-state index contributed by atoms with van der Waals surface area (Å²) in [7, 11) is 0. The van der Waals surface area contributed by atoms with E-state index in [1.807, 2.05) is 42.6 Å². The Morgan fingerprint density at radius 2 is 2.11 bits per heavy atom. The molecule has 1 amide bonds. The maximum atomic E-state index is 12.5. The Kier molecular flexibility index (Phi) is 3.85. The van der Waals surface area contributed by atoms with Gasteiger partial charge in [0.15, 0.2) is 0 Å². The summed E-state index contributed by atoms with van der Waals surface area (Å²) in [5, 5.41) is 0.519. The fourth-order valence-corrected chi connectivity index (χ4v) is 3.29. The number of hydrogen-bond acceptors (Lipinski definition) is 3. The zero-order valence-corrected chi connectivity index (χ0v) is 12.0. The first-order valence-corrected chi connectivity index (χ1v) is 7.31. The van der Waals surface area contributed by atoms with Crippen LogP contribution in [-0.2, 0) is 0 Å². The summed E-state index contributed by atoms with van der Waals surface area (Å²) in [5.41, 5.74) is 9.40. The van der Waals surface area contributed by atoms with Gasteiger partial charge in [0.05, 0.1) is 0 Å². The number of nitrogen functional groups attached to an aromatic ring is 1. The highest BCUT2D eigenvalue weighted by Gasteiger charge is 2.23. The molecule has 2 rings (SSSR count). The number of carbonyl (C=O) groups is 1. The van der Waals surface area contributed by atoms with E-state index >= 15 is 0 Å². The van der Waals surface area contributed by atoms with Crippen LogP contribution in [0.2, 0.25) is 0 Å². The molecule has 0 bridgehead atoms. The number of thioether (sulfide) groups is 1. The number of carbonyl (C=O) groups excluding carboxylic acids is 1. The second kappa shape index (κ2) is 5.22.